The molecule has 1 aromatic heterocycles. The van der Waals surface area contributed by atoms with E-state index in [1.54, 1.807) is 6.20 Å². The van der Waals surface area contributed by atoms with E-state index in [9.17, 15) is 4.79 Å². The van der Waals surface area contributed by atoms with Crippen molar-refractivity contribution in [1.29, 1.82) is 0 Å². The Bertz CT molecular complexity index is 681. The average molecular weight is 324 g/mol. The molecule has 2 heterocycles. The summed E-state index contributed by atoms with van der Waals surface area (Å²) in [5.74, 6) is 1.21. The molecule has 5 nitrogen and oxygen atoms in total. The molecule has 0 bridgehead atoms. The number of aryl methyl sites for hydroxylation is 1. The van der Waals surface area contributed by atoms with Gasteiger partial charge in [0.25, 0.3) is 5.91 Å². The van der Waals surface area contributed by atoms with Crippen LogP contribution in [0, 0.1) is 12.8 Å². The molecule has 5 heteroatoms. The van der Waals surface area contributed by atoms with Gasteiger partial charge < -0.3 is 10.6 Å². The number of nitrogens with zero attached hydrogens (tertiary/aromatic N) is 2. The molecular formula is C19H24N4O. The first-order valence-corrected chi connectivity index (χ1v) is 8.58. The van der Waals surface area contributed by atoms with E-state index in [0.29, 0.717) is 18.0 Å². The molecular weight excluding hydrogens is 300 g/mol. The van der Waals surface area contributed by atoms with Crippen molar-refractivity contribution in [2.24, 2.45) is 5.92 Å². The largest absolute Gasteiger partial charge is 0.348 e. The topological polar surface area (TPSA) is 66.9 Å². The van der Waals surface area contributed by atoms with Crippen LogP contribution < -0.4 is 10.6 Å². The van der Waals surface area contributed by atoms with Crippen molar-refractivity contribution in [2.75, 3.05) is 13.1 Å². The number of carbonyl (C=O) groups is 1. The summed E-state index contributed by atoms with van der Waals surface area (Å²) in [6.45, 7) is 4.48. The fourth-order valence-electron chi connectivity index (χ4n) is 3.09. The third kappa shape index (κ3) is 4.38. The van der Waals surface area contributed by atoms with Crippen LogP contribution in [0.1, 0.15) is 40.3 Å². The van der Waals surface area contributed by atoms with Crippen LogP contribution in [0.5, 0.6) is 0 Å². The van der Waals surface area contributed by atoms with Crippen molar-refractivity contribution in [2.45, 2.75) is 32.7 Å². The zero-order valence-electron chi connectivity index (χ0n) is 14.1. The molecule has 1 fully saturated rings. The predicted molar refractivity (Wildman–Crippen MR) is 93.7 cm³/mol. The molecule has 0 saturated carbocycles. The van der Waals surface area contributed by atoms with E-state index in [1.165, 1.54) is 0 Å². The number of aromatic nitrogens is 2. The van der Waals surface area contributed by atoms with E-state index >= 15 is 0 Å². The Hall–Kier alpha value is -2.27. The van der Waals surface area contributed by atoms with Gasteiger partial charge in [-0.1, -0.05) is 30.3 Å². The molecule has 0 radical (unpaired) electrons. The van der Waals surface area contributed by atoms with E-state index in [2.05, 4.69) is 20.6 Å². The lowest BCUT2D eigenvalue weighted by Gasteiger charge is -2.23. The molecule has 1 aliphatic rings. The molecule has 1 saturated heterocycles. The van der Waals surface area contributed by atoms with Crippen molar-refractivity contribution >= 4 is 5.91 Å². The number of piperidine rings is 1. The lowest BCUT2D eigenvalue weighted by molar-refractivity contribution is 0.0948. The number of benzene rings is 1. The summed E-state index contributed by atoms with van der Waals surface area (Å²) in [7, 11) is 0. The first kappa shape index (κ1) is 16.6. The summed E-state index contributed by atoms with van der Waals surface area (Å²) < 4.78 is 0. The third-order valence-electron chi connectivity index (χ3n) is 4.47. The summed E-state index contributed by atoms with van der Waals surface area (Å²) in [6.07, 6.45) is 4.78. The summed E-state index contributed by atoms with van der Waals surface area (Å²) >= 11 is 0. The minimum atomic E-state index is -0.0946. The Morgan fingerprint density at radius 1 is 1.25 bits per heavy atom. The molecule has 126 valence electrons. The van der Waals surface area contributed by atoms with E-state index < -0.39 is 0 Å². The summed E-state index contributed by atoms with van der Waals surface area (Å²) in [4.78, 5) is 21.4. The van der Waals surface area contributed by atoms with Gasteiger partial charge in [0.2, 0.25) is 0 Å². The highest BCUT2D eigenvalue weighted by Gasteiger charge is 2.19. The zero-order valence-corrected chi connectivity index (χ0v) is 14.1. The normalized spacial score (nSPS) is 15.2. The van der Waals surface area contributed by atoms with Crippen molar-refractivity contribution in [3.8, 4) is 0 Å². The van der Waals surface area contributed by atoms with Crippen LogP contribution in [-0.2, 0) is 13.0 Å². The van der Waals surface area contributed by atoms with Crippen molar-refractivity contribution in [1.82, 2.24) is 20.6 Å². The van der Waals surface area contributed by atoms with Crippen LogP contribution in [0.2, 0.25) is 0 Å². The fraction of sp³-hybridized carbons (Fsp3) is 0.421. The number of rotatable bonds is 5. The average Bonchev–Trinajstić information content (AvgIpc) is 2.62. The second kappa shape index (κ2) is 8.02. The highest BCUT2D eigenvalue weighted by Crippen LogP contribution is 2.19. The molecule has 0 aliphatic carbocycles. The highest BCUT2D eigenvalue weighted by molar-refractivity contribution is 5.94. The van der Waals surface area contributed by atoms with Gasteiger partial charge in [-0.3, -0.25) is 4.79 Å². The third-order valence-corrected chi connectivity index (χ3v) is 4.47. The molecule has 1 aliphatic heterocycles. The lowest BCUT2D eigenvalue weighted by atomic mass is 9.91. The Morgan fingerprint density at radius 2 is 2.00 bits per heavy atom. The molecule has 24 heavy (non-hydrogen) atoms. The lowest BCUT2D eigenvalue weighted by Crippen LogP contribution is -2.30. The Morgan fingerprint density at radius 3 is 2.75 bits per heavy atom. The Kier molecular flexibility index (Phi) is 5.54. The predicted octanol–water partition coefficient (Wildman–Crippen LogP) is 2.26. The van der Waals surface area contributed by atoms with Gasteiger partial charge in [0.05, 0.1) is 11.3 Å². The van der Waals surface area contributed by atoms with E-state index in [0.717, 1.165) is 49.4 Å². The first-order chi connectivity index (χ1) is 11.7. The minimum Gasteiger partial charge on any atom is -0.348 e. The molecule has 2 N–H and O–H groups in total. The maximum Gasteiger partial charge on any atom is 0.254 e. The van der Waals surface area contributed by atoms with Gasteiger partial charge >= 0.3 is 0 Å². The molecule has 1 aromatic carbocycles. The molecule has 1 amide bonds. The van der Waals surface area contributed by atoms with Crippen molar-refractivity contribution < 1.29 is 4.79 Å². The van der Waals surface area contributed by atoms with Crippen molar-refractivity contribution in [3.63, 3.8) is 0 Å². The second-order valence-electron chi connectivity index (χ2n) is 6.34. The Balaban J connectivity index is 1.70. The number of amides is 1. The van der Waals surface area contributed by atoms with Crippen LogP contribution >= 0.6 is 0 Å². The molecule has 3 rings (SSSR count). The maximum atomic E-state index is 12.6. The van der Waals surface area contributed by atoms with Crippen LogP contribution in [0.25, 0.3) is 0 Å². The number of nitrogens with one attached hydrogen (secondary N) is 2. The maximum absolute atomic E-state index is 12.6. The van der Waals surface area contributed by atoms with E-state index in [4.69, 9.17) is 0 Å². The molecule has 0 unspecified atom stereocenters. The van der Waals surface area contributed by atoms with Crippen LogP contribution in [0.3, 0.4) is 0 Å². The van der Waals surface area contributed by atoms with Crippen molar-refractivity contribution in [3.05, 3.63) is 59.2 Å². The van der Waals surface area contributed by atoms with Gasteiger partial charge in [0.15, 0.2) is 0 Å². The number of carbonyl (C=O) groups excluding carboxylic acids is 1. The quantitative estimate of drug-likeness (QED) is 0.885. The smallest absolute Gasteiger partial charge is 0.254 e. The van der Waals surface area contributed by atoms with E-state index in [1.807, 2.05) is 37.3 Å². The number of hydrogen-bond acceptors (Lipinski definition) is 4. The van der Waals surface area contributed by atoms with Gasteiger partial charge in [0, 0.05) is 12.7 Å². The standard InChI is InChI=1S/C19H24N4O/c1-14-21-13-17(18(23-14)11-15-7-9-20-10-8-15)19(24)22-12-16-5-3-2-4-6-16/h2-6,13,15,20H,7-12H2,1H3,(H,22,24). The SMILES string of the molecule is Cc1ncc(C(=O)NCc2ccccc2)c(CC2CCNCC2)n1. The van der Waals surface area contributed by atoms with Gasteiger partial charge in [0.1, 0.15) is 5.82 Å². The van der Waals surface area contributed by atoms with Gasteiger partial charge in [-0.05, 0) is 50.8 Å². The molecule has 0 atom stereocenters. The van der Waals surface area contributed by atoms with Crippen LogP contribution in [0.15, 0.2) is 36.5 Å². The monoisotopic (exact) mass is 324 g/mol. The van der Waals surface area contributed by atoms with Crippen LogP contribution in [0.4, 0.5) is 0 Å². The van der Waals surface area contributed by atoms with Gasteiger partial charge in [-0.25, -0.2) is 9.97 Å². The van der Waals surface area contributed by atoms with Crippen LogP contribution in [-0.4, -0.2) is 29.0 Å². The molecule has 0 spiro atoms. The second-order valence-corrected chi connectivity index (χ2v) is 6.34. The first-order valence-electron chi connectivity index (χ1n) is 8.58. The molecule has 2 aromatic rings. The van der Waals surface area contributed by atoms with Gasteiger partial charge in [-0.15, -0.1) is 0 Å². The highest BCUT2D eigenvalue weighted by atomic mass is 16.1. The summed E-state index contributed by atoms with van der Waals surface area (Å²) in [5, 5.41) is 6.36. The number of hydrogen-bond donors (Lipinski definition) is 2. The Labute approximate surface area is 142 Å². The fourth-order valence-corrected chi connectivity index (χ4v) is 3.09. The summed E-state index contributed by atoms with van der Waals surface area (Å²) in [6, 6.07) is 9.91. The van der Waals surface area contributed by atoms with Gasteiger partial charge in [-0.2, -0.15) is 0 Å². The minimum absolute atomic E-state index is 0.0946. The van der Waals surface area contributed by atoms with E-state index in [-0.39, 0.29) is 5.91 Å². The zero-order chi connectivity index (χ0) is 16.8. The summed E-state index contributed by atoms with van der Waals surface area (Å²) in [5.41, 5.74) is 2.56.